The van der Waals surface area contributed by atoms with E-state index in [4.69, 9.17) is 0 Å². The van der Waals surface area contributed by atoms with Gasteiger partial charge >= 0.3 is 12.1 Å². The van der Waals surface area contributed by atoms with Crippen molar-refractivity contribution in [2.45, 2.75) is 26.1 Å². The van der Waals surface area contributed by atoms with Crippen molar-refractivity contribution in [1.29, 1.82) is 0 Å². The normalized spacial score (nSPS) is 13.3. The lowest BCUT2D eigenvalue weighted by atomic mass is 10.1. The smallest absolute Gasteiger partial charge is 0.342 e. The molecule has 2 nitrogen and oxygen atoms in total. The number of halogens is 3. The molecule has 0 heterocycles. The molecular formula is C11H12F3NO. The maximum Gasteiger partial charge on any atom is 0.471 e. The molecule has 0 saturated carbocycles. The Morgan fingerprint density at radius 1 is 1.38 bits per heavy atom. The SMILES string of the molecule is Cc1cccc([C@@H](C)NC(=O)C(F)(F)F)c1. The van der Waals surface area contributed by atoms with Crippen LogP contribution in [0.25, 0.3) is 0 Å². The van der Waals surface area contributed by atoms with Gasteiger partial charge in [-0.05, 0) is 19.4 Å². The van der Waals surface area contributed by atoms with Crippen LogP contribution < -0.4 is 5.32 Å². The van der Waals surface area contributed by atoms with E-state index in [0.29, 0.717) is 5.56 Å². The monoisotopic (exact) mass is 231 g/mol. The number of rotatable bonds is 2. The van der Waals surface area contributed by atoms with Gasteiger partial charge in [0, 0.05) is 0 Å². The molecule has 0 aromatic heterocycles. The van der Waals surface area contributed by atoms with Gasteiger partial charge in [0.15, 0.2) is 0 Å². The molecule has 1 rings (SSSR count). The minimum Gasteiger partial charge on any atom is -0.342 e. The molecule has 0 bridgehead atoms. The molecule has 0 saturated heterocycles. The Kier molecular flexibility index (Phi) is 3.57. The second-order valence-electron chi connectivity index (χ2n) is 3.61. The van der Waals surface area contributed by atoms with Crippen molar-refractivity contribution >= 4 is 5.91 Å². The van der Waals surface area contributed by atoms with Crippen molar-refractivity contribution < 1.29 is 18.0 Å². The van der Waals surface area contributed by atoms with E-state index in [0.717, 1.165) is 5.56 Å². The molecule has 1 amide bonds. The van der Waals surface area contributed by atoms with E-state index in [-0.39, 0.29) is 0 Å². The highest BCUT2D eigenvalue weighted by Gasteiger charge is 2.39. The zero-order valence-electron chi connectivity index (χ0n) is 8.93. The summed E-state index contributed by atoms with van der Waals surface area (Å²) in [6, 6.07) is 6.33. The van der Waals surface area contributed by atoms with Crippen LogP contribution in [0.5, 0.6) is 0 Å². The Morgan fingerprint density at radius 3 is 2.50 bits per heavy atom. The first-order chi connectivity index (χ1) is 7.30. The molecule has 0 aliphatic carbocycles. The molecule has 0 fully saturated rings. The molecule has 0 radical (unpaired) electrons. The Labute approximate surface area is 91.5 Å². The molecule has 0 aliphatic heterocycles. The first-order valence-corrected chi connectivity index (χ1v) is 4.75. The lowest BCUT2D eigenvalue weighted by molar-refractivity contribution is -0.174. The highest BCUT2D eigenvalue weighted by atomic mass is 19.4. The van der Waals surface area contributed by atoms with Crippen LogP contribution in [0, 0.1) is 6.92 Å². The molecule has 1 aromatic carbocycles. The van der Waals surface area contributed by atoms with Crippen LogP contribution in [0.1, 0.15) is 24.1 Å². The summed E-state index contributed by atoms with van der Waals surface area (Å²) in [6.07, 6.45) is -4.84. The summed E-state index contributed by atoms with van der Waals surface area (Å²) in [6.45, 7) is 3.35. The fourth-order valence-corrected chi connectivity index (χ4v) is 1.30. The van der Waals surface area contributed by atoms with E-state index in [1.807, 2.05) is 18.3 Å². The van der Waals surface area contributed by atoms with Crippen LogP contribution in [0.4, 0.5) is 13.2 Å². The number of hydrogen-bond donors (Lipinski definition) is 1. The Morgan fingerprint density at radius 2 is 2.00 bits per heavy atom. The zero-order valence-corrected chi connectivity index (χ0v) is 8.93. The Bertz CT molecular complexity index is 387. The Hall–Kier alpha value is -1.52. The predicted octanol–water partition coefficient (Wildman–Crippen LogP) is 2.73. The molecule has 88 valence electrons. The van der Waals surface area contributed by atoms with Gasteiger partial charge in [-0.2, -0.15) is 13.2 Å². The van der Waals surface area contributed by atoms with Gasteiger partial charge in [-0.1, -0.05) is 29.8 Å². The fraction of sp³-hybridized carbons (Fsp3) is 0.364. The van der Waals surface area contributed by atoms with E-state index in [2.05, 4.69) is 0 Å². The van der Waals surface area contributed by atoms with E-state index in [1.165, 1.54) is 6.92 Å². The molecule has 1 aromatic rings. The summed E-state index contributed by atoms with van der Waals surface area (Å²) < 4.78 is 36.0. The number of carbonyl (C=O) groups excluding carboxylic acids is 1. The third-order valence-electron chi connectivity index (χ3n) is 2.15. The van der Waals surface area contributed by atoms with Gasteiger partial charge in [0.2, 0.25) is 0 Å². The molecule has 1 atom stereocenters. The van der Waals surface area contributed by atoms with Crippen molar-refractivity contribution in [1.82, 2.24) is 5.32 Å². The number of aryl methyl sites for hydroxylation is 1. The van der Waals surface area contributed by atoms with Crippen molar-refractivity contribution in [3.8, 4) is 0 Å². The second kappa shape index (κ2) is 4.55. The maximum atomic E-state index is 12.0. The van der Waals surface area contributed by atoms with Crippen LogP contribution >= 0.6 is 0 Å². The van der Waals surface area contributed by atoms with E-state index in [1.54, 1.807) is 18.2 Å². The zero-order chi connectivity index (χ0) is 12.3. The first-order valence-electron chi connectivity index (χ1n) is 4.75. The summed E-state index contributed by atoms with van der Waals surface area (Å²) in [7, 11) is 0. The fourth-order valence-electron chi connectivity index (χ4n) is 1.30. The number of carbonyl (C=O) groups is 1. The molecule has 1 N–H and O–H groups in total. The quantitative estimate of drug-likeness (QED) is 0.833. The average Bonchev–Trinajstić information content (AvgIpc) is 2.16. The van der Waals surface area contributed by atoms with Gasteiger partial charge in [-0.25, -0.2) is 0 Å². The van der Waals surface area contributed by atoms with Gasteiger partial charge in [0.25, 0.3) is 0 Å². The summed E-state index contributed by atoms with van der Waals surface area (Å²) in [5.41, 5.74) is 1.59. The van der Waals surface area contributed by atoms with Crippen LogP contribution in [0.15, 0.2) is 24.3 Å². The van der Waals surface area contributed by atoms with Crippen molar-refractivity contribution in [2.24, 2.45) is 0 Å². The molecule has 0 spiro atoms. The summed E-state index contributed by atoms with van der Waals surface area (Å²) >= 11 is 0. The van der Waals surface area contributed by atoms with E-state index < -0.39 is 18.1 Å². The van der Waals surface area contributed by atoms with Crippen molar-refractivity contribution in [2.75, 3.05) is 0 Å². The van der Waals surface area contributed by atoms with Crippen LogP contribution in [0.2, 0.25) is 0 Å². The van der Waals surface area contributed by atoms with E-state index in [9.17, 15) is 18.0 Å². The van der Waals surface area contributed by atoms with Crippen LogP contribution in [0.3, 0.4) is 0 Å². The third-order valence-corrected chi connectivity index (χ3v) is 2.15. The minimum atomic E-state index is -4.84. The standard InChI is InChI=1S/C11H12F3NO/c1-7-4-3-5-9(6-7)8(2)15-10(16)11(12,13)14/h3-6,8H,1-2H3,(H,15,16)/t8-/m1/s1. The predicted molar refractivity (Wildman–Crippen MR) is 53.8 cm³/mol. The summed E-state index contributed by atoms with van der Waals surface area (Å²) in [4.78, 5) is 10.7. The van der Waals surface area contributed by atoms with Crippen LogP contribution in [-0.2, 0) is 4.79 Å². The lowest BCUT2D eigenvalue weighted by Crippen LogP contribution is -2.38. The third kappa shape index (κ3) is 3.25. The first kappa shape index (κ1) is 12.5. The minimum absolute atomic E-state index is 0.651. The van der Waals surface area contributed by atoms with E-state index >= 15 is 0 Å². The number of benzene rings is 1. The Balaban J connectivity index is 2.73. The molecule has 5 heteroatoms. The molecule has 16 heavy (non-hydrogen) atoms. The number of amides is 1. The number of nitrogens with one attached hydrogen (secondary N) is 1. The largest absolute Gasteiger partial charge is 0.471 e. The van der Waals surface area contributed by atoms with Gasteiger partial charge < -0.3 is 5.32 Å². The van der Waals surface area contributed by atoms with Crippen LogP contribution in [-0.4, -0.2) is 12.1 Å². The average molecular weight is 231 g/mol. The van der Waals surface area contributed by atoms with Gasteiger partial charge in [0.05, 0.1) is 6.04 Å². The van der Waals surface area contributed by atoms with Crippen molar-refractivity contribution in [3.05, 3.63) is 35.4 Å². The highest BCUT2D eigenvalue weighted by Crippen LogP contribution is 2.19. The molecule has 0 unspecified atom stereocenters. The molecule has 0 aliphatic rings. The summed E-state index contributed by atoms with van der Waals surface area (Å²) in [5, 5.41) is 1.90. The topological polar surface area (TPSA) is 29.1 Å². The maximum absolute atomic E-state index is 12.0. The highest BCUT2D eigenvalue weighted by molar-refractivity contribution is 5.82. The number of alkyl halides is 3. The lowest BCUT2D eigenvalue weighted by Gasteiger charge is -2.15. The molecular weight excluding hydrogens is 219 g/mol. The van der Waals surface area contributed by atoms with Crippen molar-refractivity contribution in [3.63, 3.8) is 0 Å². The van der Waals surface area contributed by atoms with Gasteiger partial charge in [-0.15, -0.1) is 0 Å². The summed E-state index contributed by atoms with van der Waals surface area (Å²) in [5.74, 6) is -1.92. The van der Waals surface area contributed by atoms with Gasteiger partial charge in [0.1, 0.15) is 0 Å². The second-order valence-corrected chi connectivity index (χ2v) is 3.61. The van der Waals surface area contributed by atoms with Gasteiger partial charge in [-0.3, -0.25) is 4.79 Å². The number of hydrogen-bond acceptors (Lipinski definition) is 1.